The molecule has 0 radical (unpaired) electrons. The van der Waals surface area contributed by atoms with Gasteiger partial charge in [-0.05, 0) is 12.0 Å². The highest BCUT2D eigenvalue weighted by atomic mass is 16.6. The molecule has 2 N–H and O–H groups in total. The Balaban J connectivity index is 2.52. The summed E-state index contributed by atoms with van der Waals surface area (Å²) in [6.07, 6.45) is 1.94. The van der Waals surface area contributed by atoms with E-state index >= 15 is 0 Å². The van der Waals surface area contributed by atoms with E-state index in [0.717, 1.165) is 12.2 Å². The average Bonchev–Trinajstić information content (AvgIpc) is 2.36. The van der Waals surface area contributed by atoms with Crippen LogP contribution in [-0.2, 0) is 18.0 Å². The third-order valence-electron chi connectivity index (χ3n) is 1.48. The Morgan fingerprint density at radius 2 is 2.42 bits per heavy atom. The molecule has 0 bridgehead atoms. The van der Waals surface area contributed by atoms with E-state index < -0.39 is 0 Å². The first-order valence-electron chi connectivity index (χ1n) is 4.06. The van der Waals surface area contributed by atoms with E-state index in [4.69, 9.17) is 5.90 Å². The first kappa shape index (κ1) is 9.22. The highest BCUT2D eigenvalue weighted by Crippen LogP contribution is 2.00. The summed E-state index contributed by atoms with van der Waals surface area (Å²) in [7, 11) is 0. The normalized spacial score (nSPS) is 11.0. The Hall–Kier alpha value is -0.870. The van der Waals surface area contributed by atoms with E-state index in [1.807, 2.05) is 16.9 Å². The van der Waals surface area contributed by atoms with Crippen LogP contribution in [0, 0.1) is 5.92 Å². The molecule has 1 rings (SSSR count). The molecule has 0 aliphatic rings. The lowest BCUT2D eigenvalue weighted by atomic mass is 10.2. The predicted molar refractivity (Wildman–Crippen MR) is 46.0 cm³/mol. The highest BCUT2D eigenvalue weighted by molar-refractivity contribution is 4.96. The van der Waals surface area contributed by atoms with Crippen LogP contribution in [0.3, 0.4) is 0 Å². The molecule has 0 saturated heterocycles. The fourth-order valence-electron chi connectivity index (χ4n) is 1.04. The predicted octanol–water partition coefficient (Wildman–Crippen LogP) is 0.929. The molecule has 0 aliphatic heterocycles. The Kier molecular flexibility index (Phi) is 3.25. The van der Waals surface area contributed by atoms with Crippen LogP contribution in [0.5, 0.6) is 0 Å². The highest BCUT2D eigenvalue weighted by Gasteiger charge is 1.99. The molecule has 0 spiro atoms. The van der Waals surface area contributed by atoms with Crippen molar-refractivity contribution in [3.8, 4) is 0 Å². The topological polar surface area (TPSA) is 53.1 Å². The monoisotopic (exact) mass is 169 g/mol. The Morgan fingerprint density at radius 3 is 3.00 bits per heavy atom. The minimum Gasteiger partial charge on any atom is -0.298 e. The van der Waals surface area contributed by atoms with Crippen LogP contribution in [0.1, 0.15) is 19.5 Å². The molecule has 4 nitrogen and oxygen atoms in total. The van der Waals surface area contributed by atoms with Gasteiger partial charge in [0.2, 0.25) is 0 Å². The van der Waals surface area contributed by atoms with Crippen molar-refractivity contribution in [2.45, 2.75) is 27.0 Å². The third kappa shape index (κ3) is 2.64. The van der Waals surface area contributed by atoms with Crippen molar-refractivity contribution in [3.05, 3.63) is 18.0 Å². The maximum atomic E-state index is 4.92. The molecule has 0 aliphatic carbocycles. The Labute approximate surface area is 72.3 Å². The van der Waals surface area contributed by atoms with Crippen LogP contribution < -0.4 is 5.90 Å². The lowest BCUT2D eigenvalue weighted by Crippen LogP contribution is -2.06. The molecule has 1 aromatic rings. The zero-order chi connectivity index (χ0) is 8.97. The summed E-state index contributed by atoms with van der Waals surface area (Å²) in [5.41, 5.74) is 0.873. The number of hydrogen-bond acceptors (Lipinski definition) is 3. The van der Waals surface area contributed by atoms with Gasteiger partial charge in [-0.15, -0.1) is 0 Å². The van der Waals surface area contributed by atoms with E-state index in [0.29, 0.717) is 12.5 Å². The van der Waals surface area contributed by atoms with Gasteiger partial charge in [-0.2, -0.15) is 5.10 Å². The molecular formula is C8H15N3O. The van der Waals surface area contributed by atoms with Gasteiger partial charge >= 0.3 is 0 Å². The maximum Gasteiger partial charge on any atom is 0.112 e. The zero-order valence-electron chi connectivity index (χ0n) is 7.53. The van der Waals surface area contributed by atoms with Gasteiger partial charge in [0.05, 0.1) is 5.69 Å². The summed E-state index contributed by atoms with van der Waals surface area (Å²) < 4.78 is 1.90. The van der Waals surface area contributed by atoms with Gasteiger partial charge in [0, 0.05) is 12.7 Å². The third-order valence-corrected chi connectivity index (χ3v) is 1.48. The van der Waals surface area contributed by atoms with Gasteiger partial charge in [0.15, 0.2) is 0 Å². The van der Waals surface area contributed by atoms with Crippen molar-refractivity contribution in [2.75, 3.05) is 0 Å². The molecule has 0 saturated carbocycles. The van der Waals surface area contributed by atoms with Crippen molar-refractivity contribution in [2.24, 2.45) is 11.8 Å². The van der Waals surface area contributed by atoms with Crippen molar-refractivity contribution in [1.29, 1.82) is 0 Å². The van der Waals surface area contributed by atoms with Crippen molar-refractivity contribution < 1.29 is 4.84 Å². The SMILES string of the molecule is CC(C)Cn1ccc(CON)n1. The van der Waals surface area contributed by atoms with E-state index in [1.165, 1.54) is 0 Å². The molecule has 0 aromatic carbocycles. The number of nitrogens with two attached hydrogens (primary N) is 1. The molecule has 1 heterocycles. The van der Waals surface area contributed by atoms with Crippen molar-refractivity contribution >= 4 is 0 Å². The molecule has 1 aromatic heterocycles. The van der Waals surface area contributed by atoms with Gasteiger partial charge in [-0.1, -0.05) is 13.8 Å². The summed E-state index contributed by atoms with van der Waals surface area (Å²) in [5, 5.41) is 4.25. The fourth-order valence-corrected chi connectivity index (χ4v) is 1.04. The number of rotatable bonds is 4. The van der Waals surface area contributed by atoms with Gasteiger partial charge in [-0.3, -0.25) is 9.52 Å². The van der Waals surface area contributed by atoms with Crippen LogP contribution in [0.25, 0.3) is 0 Å². The van der Waals surface area contributed by atoms with E-state index in [9.17, 15) is 0 Å². The van der Waals surface area contributed by atoms with Gasteiger partial charge in [0.1, 0.15) is 6.61 Å². The second kappa shape index (κ2) is 4.23. The lowest BCUT2D eigenvalue weighted by molar-refractivity contribution is 0.120. The molecule has 12 heavy (non-hydrogen) atoms. The summed E-state index contributed by atoms with van der Waals surface area (Å²) >= 11 is 0. The average molecular weight is 169 g/mol. The standard InChI is InChI=1S/C8H15N3O/c1-7(2)5-11-4-3-8(10-11)6-12-9/h3-4,7H,5-6,9H2,1-2H3. The Morgan fingerprint density at radius 1 is 1.67 bits per heavy atom. The van der Waals surface area contributed by atoms with Crippen LogP contribution in [0.4, 0.5) is 0 Å². The quantitative estimate of drug-likeness (QED) is 0.682. The van der Waals surface area contributed by atoms with Gasteiger partial charge in [0.25, 0.3) is 0 Å². The van der Waals surface area contributed by atoms with E-state index in [2.05, 4.69) is 23.8 Å². The van der Waals surface area contributed by atoms with Crippen LogP contribution in [-0.4, -0.2) is 9.78 Å². The summed E-state index contributed by atoms with van der Waals surface area (Å²) in [4.78, 5) is 4.47. The second-order valence-electron chi connectivity index (χ2n) is 3.23. The second-order valence-corrected chi connectivity index (χ2v) is 3.23. The molecule has 68 valence electrons. The number of nitrogens with zero attached hydrogens (tertiary/aromatic N) is 2. The Bertz CT molecular complexity index is 232. The van der Waals surface area contributed by atoms with Crippen LogP contribution in [0.15, 0.2) is 12.3 Å². The lowest BCUT2D eigenvalue weighted by Gasteiger charge is -2.03. The number of hydrogen-bond donors (Lipinski definition) is 1. The summed E-state index contributed by atoms with van der Waals surface area (Å²) in [6.45, 7) is 5.62. The molecule has 4 heteroatoms. The van der Waals surface area contributed by atoms with Crippen molar-refractivity contribution in [3.63, 3.8) is 0 Å². The van der Waals surface area contributed by atoms with E-state index in [1.54, 1.807) is 0 Å². The summed E-state index contributed by atoms with van der Waals surface area (Å²) in [5.74, 6) is 5.53. The minimum absolute atomic E-state index is 0.380. The molecular weight excluding hydrogens is 154 g/mol. The zero-order valence-corrected chi connectivity index (χ0v) is 7.53. The van der Waals surface area contributed by atoms with E-state index in [-0.39, 0.29) is 0 Å². The van der Waals surface area contributed by atoms with Gasteiger partial charge in [-0.25, -0.2) is 5.90 Å². The summed E-state index contributed by atoms with van der Waals surface area (Å²) in [6, 6.07) is 1.91. The molecule has 0 atom stereocenters. The van der Waals surface area contributed by atoms with Gasteiger partial charge < -0.3 is 0 Å². The fraction of sp³-hybridized carbons (Fsp3) is 0.625. The molecule has 0 fully saturated rings. The molecule has 0 amide bonds. The van der Waals surface area contributed by atoms with Crippen molar-refractivity contribution in [1.82, 2.24) is 9.78 Å². The first-order valence-corrected chi connectivity index (χ1v) is 4.06. The largest absolute Gasteiger partial charge is 0.298 e. The smallest absolute Gasteiger partial charge is 0.112 e. The minimum atomic E-state index is 0.380. The first-order chi connectivity index (χ1) is 5.72. The molecule has 0 unspecified atom stereocenters. The maximum absolute atomic E-state index is 4.92. The number of aromatic nitrogens is 2. The van der Waals surface area contributed by atoms with Crippen LogP contribution >= 0.6 is 0 Å². The van der Waals surface area contributed by atoms with Crippen LogP contribution in [0.2, 0.25) is 0 Å².